The number of hydrogen-bond donors (Lipinski definition) is 0. The zero-order valence-corrected chi connectivity index (χ0v) is 7.26. The van der Waals surface area contributed by atoms with Crippen LogP contribution in [0.25, 0.3) is 0 Å². The van der Waals surface area contributed by atoms with Crippen molar-refractivity contribution in [2.75, 3.05) is 0 Å². The molecule has 54 valence electrons. The lowest BCUT2D eigenvalue weighted by molar-refractivity contribution is 0.354. The van der Waals surface area contributed by atoms with Crippen molar-refractivity contribution in [2.45, 2.75) is 33.6 Å². The second-order valence-corrected chi connectivity index (χ2v) is 3.75. The lowest BCUT2D eigenvalue weighted by Crippen LogP contribution is -2.08. The van der Waals surface area contributed by atoms with Crippen LogP contribution in [0.5, 0.6) is 0 Å². The molecule has 0 radical (unpaired) electrons. The van der Waals surface area contributed by atoms with E-state index in [0.29, 0.717) is 5.41 Å². The van der Waals surface area contributed by atoms with E-state index in [1.165, 1.54) is 0 Å². The van der Waals surface area contributed by atoms with Crippen molar-refractivity contribution < 1.29 is 0 Å². The molecule has 1 heteroatoms. The highest BCUT2D eigenvalue weighted by atomic mass is 35.5. The molecule has 0 aromatic rings. The van der Waals surface area contributed by atoms with Crippen LogP contribution in [0.3, 0.4) is 0 Å². The van der Waals surface area contributed by atoms with Gasteiger partial charge in [0.15, 0.2) is 0 Å². The Hall–Kier alpha value is 0.0300. The van der Waals surface area contributed by atoms with E-state index >= 15 is 0 Å². The summed E-state index contributed by atoms with van der Waals surface area (Å²) < 4.78 is 0. The molecule has 0 aliphatic carbocycles. The fraction of sp³-hybridized carbons (Fsp3) is 0.750. The maximum atomic E-state index is 5.65. The van der Waals surface area contributed by atoms with Crippen LogP contribution < -0.4 is 0 Å². The number of halogens is 1. The Labute approximate surface area is 62.9 Å². The summed E-state index contributed by atoms with van der Waals surface area (Å²) in [6.45, 7) is 10.2. The van der Waals surface area contributed by atoms with E-state index in [1.54, 1.807) is 0 Å². The third kappa shape index (κ3) is 4.53. The minimum absolute atomic E-state index is 0.332. The van der Waals surface area contributed by atoms with Crippen LogP contribution in [0.1, 0.15) is 33.6 Å². The molecule has 0 saturated carbocycles. The zero-order chi connectivity index (χ0) is 7.49. The molecule has 0 aromatic carbocycles. The lowest BCUT2D eigenvalue weighted by Gasteiger charge is -2.21. The SMILES string of the molecule is C=C(Cl)CC(C)(C)CC. The summed E-state index contributed by atoms with van der Waals surface area (Å²) in [5, 5.41) is 0.766. The number of allylic oxidation sites excluding steroid dienone is 1. The van der Waals surface area contributed by atoms with Crippen LogP contribution in [0.15, 0.2) is 11.6 Å². The van der Waals surface area contributed by atoms with Crippen molar-refractivity contribution in [2.24, 2.45) is 5.41 Å². The Morgan fingerprint density at radius 1 is 1.56 bits per heavy atom. The Morgan fingerprint density at radius 2 is 2.00 bits per heavy atom. The van der Waals surface area contributed by atoms with Crippen LogP contribution in [0.2, 0.25) is 0 Å². The summed E-state index contributed by atoms with van der Waals surface area (Å²) in [6.07, 6.45) is 2.07. The van der Waals surface area contributed by atoms with E-state index in [0.717, 1.165) is 17.9 Å². The highest BCUT2D eigenvalue weighted by Gasteiger charge is 2.14. The zero-order valence-electron chi connectivity index (χ0n) is 6.50. The minimum atomic E-state index is 0.332. The molecule has 0 heterocycles. The highest BCUT2D eigenvalue weighted by Crippen LogP contribution is 2.28. The average molecular weight is 147 g/mol. The van der Waals surface area contributed by atoms with Crippen LogP contribution in [-0.2, 0) is 0 Å². The molecule has 0 N–H and O–H groups in total. The Kier molecular flexibility index (Phi) is 3.27. The maximum Gasteiger partial charge on any atom is 0.0114 e. The molecule has 0 amide bonds. The largest absolute Gasteiger partial charge is 0.0898 e. The molecule has 0 saturated heterocycles. The fourth-order valence-electron chi connectivity index (χ4n) is 0.644. The Bertz CT molecular complexity index is 103. The van der Waals surface area contributed by atoms with Gasteiger partial charge in [0.1, 0.15) is 0 Å². The Balaban J connectivity index is 3.71. The molecule has 0 spiro atoms. The van der Waals surface area contributed by atoms with Crippen molar-refractivity contribution in [3.8, 4) is 0 Å². The van der Waals surface area contributed by atoms with Crippen molar-refractivity contribution in [1.29, 1.82) is 0 Å². The normalized spacial score (nSPS) is 11.6. The van der Waals surface area contributed by atoms with Gasteiger partial charge in [0.2, 0.25) is 0 Å². The maximum absolute atomic E-state index is 5.65. The predicted octanol–water partition coefficient (Wildman–Crippen LogP) is 3.57. The van der Waals surface area contributed by atoms with E-state index in [-0.39, 0.29) is 0 Å². The summed E-state index contributed by atoms with van der Waals surface area (Å²) in [5.74, 6) is 0. The molecule has 0 aliphatic rings. The molecule has 0 bridgehead atoms. The first kappa shape index (κ1) is 9.03. The second kappa shape index (κ2) is 3.26. The first-order valence-corrected chi connectivity index (χ1v) is 3.69. The van der Waals surface area contributed by atoms with Gasteiger partial charge in [-0.1, -0.05) is 45.4 Å². The summed E-state index contributed by atoms with van der Waals surface area (Å²) >= 11 is 5.65. The van der Waals surface area contributed by atoms with Gasteiger partial charge in [-0.2, -0.15) is 0 Å². The van der Waals surface area contributed by atoms with Gasteiger partial charge in [-0.15, -0.1) is 0 Å². The number of hydrogen-bond acceptors (Lipinski definition) is 0. The molecule has 0 unspecified atom stereocenters. The van der Waals surface area contributed by atoms with E-state index in [1.807, 2.05) is 0 Å². The topological polar surface area (TPSA) is 0 Å². The van der Waals surface area contributed by atoms with Gasteiger partial charge >= 0.3 is 0 Å². The van der Waals surface area contributed by atoms with Gasteiger partial charge in [0.05, 0.1) is 0 Å². The first-order chi connectivity index (χ1) is 3.98. The first-order valence-electron chi connectivity index (χ1n) is 3.31. The third-order valence-electron chi connectivity index (χ3n) is 1.63. The van der Waals surface area contributed by atoms with Gasteiger partial charge in [0.25, 0.3) is 0 Å². The van der Waals surface area contributed by atoms with E-state index in [9.17, 15) is 0 Å². The van der Waals surface area contributed by atoms with Gasteiger partial charge in [-0.25, -0.2) is 0 Å². The Morgan fingerprint density at radius 3 is 2.11 bits per heavy atom. The molecule has 9 heavy (non-hydrogen) atoms. The van der Waals surface area contributed by atoms with E-state index in [2.05, 4.69) is 27.4 Å². The average Bonchev–Trinajstić information content (AvgIpc) is 1.63. The molecule has 0 rings (SSSR count). The molecule has 0 aromatic heterocycles. The molecular weight excluding hydrogens is 132 g/mol. The van der Waals surface area contributed by atoms with Crippen molar-refractivity contribution >= 4 is 11.6 Å². The lowest BCUT2D eigenvalue weighted by atomic mass is 9.87. The van der Waals surface area contributed by atoms with Crippen LogP contribution in [0.4, 0.5) is 0 Å². The van der Waals surface area contributed by atoms with Crippen LogP contribution in [0, 0.1) is 5.41 Å². The second-order valence-electron chi connectivity index (χ2n) is 3.21. The number of rotatable bonds is 3. The standard InChI is InChI=1S/C8H15Cl/c1-5-8(3,4)6-7(2)9/h2,5-6H2,1,3-4H3. The van der Waals surface area contributed by atoms with Gasteiger partial charge in [-0.3, -0.25) is 0 Å². The third-order valence-corrected chi connectivity index (χ3v) is 1.76. The summed E-state index contributed by atoms with van der Waals surface area (Å²) in [7, 11) is 0. The smallest absolute Gasteiger partial charge is 0.0114 e. The summed E-state index contributed by atoms with van der Waals surface area (Å²) in [4.78, 5) is 0. The molecule has 0 atom stereocenters. The quantitative estimate of drug-likeness (QED) is 0.571. The monoisotopic (exact) mass is 146 g/mol. The van der Waals surface area contributed by atoms with Crippen molar-refractivity contribution in [3.63, 3.8) is 0 Å². The molecule has 0 aliphatic heterocycles. The van der Waals surface area contributed by atoms with E-state index in [4.69, 9.17) is 11.6 Å². The van der Waals surface area contributed by atoms with Crippen molar-refractivity contribution in [1.82, 2.24) is 0 Å². The summed E-state index contributed by atoms with van der Waals surface area (Å²) in [5.41, 5.74) is 0.332. The molecule has 0 fully saturated rings. The van der Waals surface area contributed by atoms with Crippen LogP contribution in [-0.4, -0.2) is 0 Å². The molecular formula is C8H15Cl. The minimum Gasteiger partial charge on any atom is -0.0898 e. The van der Waals surface area contributed by atoms with Crippen LogP contribution >= 0.6 is 11.6 Å². The highest BCUT2D eigenvalue weighted by molar-refractivity contribution is 6.29. The van der Waals surface area contributed by atoms with Gasteiger partial charge in [0, 0.05) is 5.03 Å². The van der Waals surface area contributed by atoms with E-state index < -0.39 is 0 Å². The van der Waals surface area contributed by atoms with Gasteiger partial charge in [-0.05, 0) is 11.8 Å². The van der Waals surface area contributed by atoms with Crippen molar-refractivity contribution in [3.05, 3.63) is 11.6 Å². The summed E-state index contributed by atoms with van der Waals surface area (Å²) in [6, 6.07) is 0. The fourth-order valence-corrected chi connectivity index (χ4v) is 1.01. The predicted molar refractivity (Wildman–Crippen MR) is 43.7 cm³/mol. The van der Waals surface area contributed by atoms with Gasteiger partial charge < -0.3 is 0 Å². The molecule has 0 nitrogen and oxygen atoms in total.